The fourth-order valence-electron chi connectivity index (χ4n) is 3.06. The zero-order valence-electron chi connectivity index (χ0n) is 15.0. The molecule has 0 saturated carbocycles. The van der Waals surface area contributed by atoms with Gasteiger partial charge in [-0.2, -0.15) is 4.68 Å². The molecule has 142 valence electrons. The van der Waals surface area contributed by atoms with Gasteiger partial charge in [-0.1, -0.05) is 11.6 Å². The molecule has 3 heterocycles. The monoisotopic (exact) mass is 397 g/mol. The van der Waals surface area contributed by atoms with E-state index in [1.165, 1.54) is 15.6 Å². The number of nitrogens with zero attached hydrogens (tertiary/aromatic N) is 5. The number of aromatic amines is 1. The first-order valence-corrected chi connectivity index (χ1v) is 8.84. The molecule has 0 aliphatic carbocycles. The molecule has 0 spiro atoms. The van der Waals surface area contributed by atoms with Crippen LogP contribution in [0, 0.1) is 0 Å². The average molecular weight is 398 g/mol. The molecule has 9 nitrogen and oxygen atoms in total. The topological polar surface area (TPSA) is 110 Å². The normalized spacial score (nSPS) is 12.2. The number of anilines is 1. The highest BCUT2D eigenvalue weighted by atomic mass is 35.5. The minimum atomic E-state index is -0.404. The number of hydrogen-bond acceptors (Lipinski definition) is 6. The molecule has 0 aliphatic heterocycles. The van der Waals surface area contributed by atoms with Gasteiger partial charge in [0, 0.05) is 28.5 Å². The summed E-state index contributed by atoms with van der Waals surface area (Å²) in [4.78, 5) is 28.0. The first-order chi connectivity index (χ1) is 13.4. The molecule has 4 rings (SSSR count). The Hall–Kier alpha value is -3.46. The van der Waals surface area contributed by atoms with Gasteiger partial charge in [0.15, 0.2) is 0 Å². The minimum absolute atomic E-state index is 0.225. The summed E-state index contributed by atoms with van der Waals surface area (Å²) >= 11 is 6.05. The first kappa shape index (κ1) is 17.9. The summed E-state index contributed by atoms with van der Waals surface area (Å²) < 4.78 is 2.82. The van der Waals surface area contributed by atoms with Crippen LogP contribution in [-0.2, 0) is 7.05 Å². The van der Waals surface area contributed by atoms with Crippen molar-refractivity contribution in [3.05, 3.63) is 74.0 Å². The van der Waals surface area contributed by atoms with Crippen LogP contribution < -0.4 is 16.4 Å². The number of pyridine rings is 2. The fourth-order valence-corrected chi connectivity index (χ4v) is 3.24. The Balaban J connectivity index is 1.69. The maximum Gasteiger partial charge on any atom is 0.275 e. The number of benzene rings is 1. The van der Waals surface area contributed by atoms with Gasteiger partial charge in [-0.05, 0) is 53.7 Å². The number of rotatable bonds is 4. The lowest BCUT2D eigenvalue weighted by Gasteiger charge is -2.16. The molecule has 2 N–H and O–H groups in total. The highest BCUT2D eigenvalue weighted by molar-refractivity contribution is 6.31. The molecule has 1 unspecified atom stereocenters. The highest BCUT2D eigenvalue weighted by Crippen LogP contribution is 2.21. The summed E-state index contributed by atoms with van der Waals surface area (Å²) in [5.74, 6) is 0.520. The van der Waals surface area contributed by atoms with E-state index in [-0.39, 0.29) is 11.1 Å². The van der Waals surface area contributed by atoms with Crippen LogP contribution in [0.1, 0.15) is 18.5 Å². The zero-order chi connectivity index (χ0) is 19.8. The molecule has 0 bridgehead atoms. The van der Waals surface area contributed by atoms with E-state index in [9.17, 15) is 9.59 Å². The number of aromatic nitrogens is 6. The minimum Gasteiger partial charge on any atom is -0.374 e. The van der Waals surface area contributed by atoms with Crippen LogP contribution in [0.4, 0.5) is 5.69 Å². The fraction of sp³-hybridized carbons (Fsp3) is 0.167. The van der Waals surface area contributed by atoms with Gasteiger partial charge < -0.3 is 10.3 Å². The maximum absolute atomic E-state index is 12.7. The molecule has 0 saturated heterocycles. The second-order valence-electron chi connectivity index (χ2n) is 6.38. The number of halogens is 1. The summed E-state index contributed by atoms with van der Waals surface area (Å²) in [5.41, 5.74) is 1.07. The van der Waals surface area contributed by atoms with Gasteiger partial charge in [0.25, 0.3) is 11.1 Å². The van der Waals surface area contributed by atoms with Crippen molar-refractivity contribution in [1.29, 1.82) is 0 Å². The van der Waals surface area contributed by atoms with Gasteiger partial charge in [-0.15, -0.1) is 5.10 Å². The Kier molecular flexibility index (Phi) is 4.44. The number of hydrogen-bond donors (Lipinski definition) is 2. The van der Waals surface area contributed by atoms with Crippen molar-refractivity contribution in [2.24, 2.45) is 7.05 Å². The number of fused-ring (bicyclic) bond motifs is 1. The Morgan fingerprint density at radius 2 is 2.00 bits per heavy atom. The lowest BCUT2D eigenvalue weighted by atomic mass is 10.1. The number of nitrogens with one attached hydrogen (secondary N) is 2. The van der Waals surface area contributed by atoms with Gasteiger partial charge >= 0.3 is 0 Å². The van der Waals surface area contributed by atoms with Crippen LogP contribution in [0.25, 0.3) is 16.7 Å². The van der Waals surface area contributed by atoms with Gasteiger partial charge in [0.1, 0.15) is 17.8 Å². The molecule has 4 aromatic rings. The van der Waals surface area contributed by atoms with Crippen molar-refractivity contribution in [2.75, 3.05) is 5.32 Å². The summed E-state index contributed by atoms with van der Waals surface area (Å²) in [5, 5.41) is 15.5. The summed E-state index contributed by atoms with van der Waals surface area (Å²) in [6.45, 7) is 1.82. The van der Waals surface area contributed by atoms with Crippen LogP contribution in [0.3, 0.4) is 0 Å². The summed E-state index contributed by atoms with van der Waals surface area (Å²) in [6.07, 6.45) is 1.41. The van der Waals surface area contributed by atoms with Crippen molar-refractivity contribution in [3.63, 3.8) is 0 Å². The van der Waals surface area contributed by atoms with E-state index in [0.717, 1.165) is 5.39 Å². The molecule has 10 heteroatoms. The van der Waals surface area contributed by atoms with Crippen LogP contribution in [0.5, 0.6) is 0 Å². The quantitative estimate of drug-likeness (QED) is 0.545. The Bertz CT molecular complexity index is 1280. The lowest BCUT2D eigenvalue weighted by Crippen LogP contribution is -2.27. The van der Waals surface area contributed by atoms with Gasteiger partial charge in [0.2, 0.25) is 0 Å². The van der Waals surface area contributed by atoms with E-state index >= 15 is 0 Å². The largest absolute Gasteiger partial charge is 0.374 e. The van der Waals surface area contributed by atoms with Gasteiger partial charge in [-0.25, -0.2) is 0 Å². The third kappa shape index (κ3) is 3.16. The van der Waals surface area contributed by atoms with E-state index in [2.05, 4.69) is 25.8 Å². The molecule has 3 aromatic heterocycles. The Morgan fingerprint density at radius 3 is 2.75 bits per heavy atom. The Labute approximate surface area is 163 Å². The molecule has 0 amide bonds. The molecule has 1 aromatic carbocycles. The maximum atomic E-state index is 12.7. The standard InChI is InChI=1S/C18H16ClN7O2/c1-10(13-8-11-7-12(19)3-4-14(11)22-17(13)27)21-15-5-6-16(25(2)18(15)28)26-9-20-23-24-26/h3-10,21H,1-2H3,(H,22,27). The van der Waals surface area contributed by atoms with Crippen molar-refractivity contribution < 1.29 is 0 Å². The zero-order valence-corrected chi connectivity index (χ0v) is 15.8. The molecule has 1 atom stereocenters. The molecular weight excluding hydrogens is 382 g/mol. The van der Waals surface area contributed by atoms with Crippen molar-refractivity contribution >= 4 is 28.2 Å². The Morgan fingerprint density at radius 1 is 1.18 bits per heavy atom. The molecule has 0 radical (unpaired) electrons. The van der Waals surface area contributed by atoms with E-state index in [4.69, 9.17) is 11.6 Å². The number of tetrazole rings is 1. The van der Waals surface area contributed by atoms with Crippen LogP contribution in [0.15, 0.2) is 52.3 Å². The van der Waals surface area contributed by atoms with E-state index in [1.807, 2.05) is 6.92 Å². The SMILES string of the molecule is CC(Nc1ccc(-n2cnnn2)n(C)c1=O)c1cc2cc(Cl)ccc2[nH]c1=O. The van der Waals surface area contributed by atoms with Gasteiger partial charge in [-0.3, -0.25) is 14.2 Å². The third-order valence-corrected chi connectivity index (χ3v) is 4.77. The van der Waals surface area contributed by atoms with Crippen LogP contribution in [0.2, 0.25) is 5.02 Å². The van der Waals surface area contributed by atoms with Crippen LogP contribution in [-0.4, -0.2) is 29.8 Å². The average Bonchev–Trinajstić information content (AvgIpc) is 3.19. The van der Waals surface area contributed by atoms with Crippen LogP contribution >= 0.6 is 11.6 Å². The van der Waals surface area contributed by atoms with Gasteiger partial charge in [0.05, 0.1) is 6.04 Å². The molecular formula is C18H16ClN7O2. The second-order valence-corrected chi connectivity index (χ2v) is 6.81. The second kappa shape index (κ2) is 6.93. The van der Waals surface area contributed by atoms with E-state index in [1.54, 1.807) is 43.4 Å². The number of H-pyrrole nitrogens is 1. The lowest BCUT2D eigenvalue weighted by molar-refractivity contribution is 0.708. The predicted molar refractivity (Wildman–Crippen MR) is 106 cm³/mol. The van der Waals surface area contributed by atoms with Crippen molar-refractivity contribution in [2.45, 2.75) is 13.0 Å². The highest BCUT2D eigenvalue weighted by Gasteiger charge is 2.15. The molecule has 28 heavy (non-hydrogen) atoms. The molecule has 0 fully saturated rings. The van der Waals surface area contributed by atoms with E-state index < -0.39 is 6.04 Å². The van der Waals surface area contributed by atoms with E-state index in [0.29, 0.717) is 27.6 Å². The first-order valence-electron chi connectivity index (χ1n) is 8.46. The molecule has 0 aliphatic rings. The summed E-state index contributed by atoms with van der Waals surface area (Å²) in [6, 6.07) is 9.99. The smallest absolute Gasteiger partial charge is 0.275 e. The van der Waals surface area contributed by atoms with Crippen molar-refractivity contribution in [1.82, 2.24) is 29.8 Å². The third-order valence-electron chi connectivity index (χ3n) is 4.54. The summed E-state index contributed by atoms with van der Waals surface area (Å²) in [7, 11) is 1.63. The predicted octanol–water partition coefficient (Wildman–Crippen LogP) is 2.03. The van der Waals surface area contributed by atoms with Crippen molar-refractivity contribution in [3.8, 4) is 5.82 Å².